The minimum absolute atomic E-state index is 0.0122. The van der Waals surface area contributed by atoms with Crippen LogP contribution in [0.15, 0.2) is 53.6 Å². The van der Waals surface area contributed by atoms with E-state index in [-0.39, 0.29) is 5.91 Å². The van der Waals surface area contributed by atoms with Crippen molar-refractivity contribution in [3.8, 4) is 0 Å². The van der Waals surface area contributed by atoms with Crippen LogP contribution in [0.2, 0.25) is 5.02 Å². The predicted molar refractivity (Wildman–Crippen MR) is 88.9 cm³/mol. The van der Waals surface area contributed by atoms with Gasteiger partial charge in [-0.3, -0.25) is 4.79 Å². The Morgan fingerprint density at radius 2 is 2.00 bits per heavy atom. The minimum Gasteiger partial charge on any atom is -0.398 e. The molecule has 0 spiro atoms. The molecule has 112 valence electrons. The van der Waals surface area contributed by atoms with Crippen molar-refractivity contribution in [1.29, 1.82) is 0 Å². The molecule has 0 aromatic heterocycles. The molecule has 0 atom stereocenters. The molecule has 0 radical (unpaired) electrons. The van der Waals surface area contributed by atoms with Crippen molar-refractivity contribution in [3.05, 3.63) is 64.7 Å². The molecule has 0 unspecified atom stereocenters. The first-order valence-electron chi connectivity index (χ1n) is 7.10. The van der Waals surface area contributed by atoms with Gasteiger partial charge in [0.15, 0.2) is 0 Å². The van der Waals surface area contributed by atoms with Gasteiger partial charge in [0.25, 0.3) is 0 Å². The van der Waals surface area contributed by atoms with E-state index in [2.05, 4.69) is 5.10 Å². The van der Waals surface area contributed by atoms with Crippen molar-refractivity contribution < 1.29 is 4.79 Å². The average Bonchev–Trinajstić information content (AvgIpc) is 3.00. The lowest BCUT2D eigenvalue weighted by Gasteiger charge is -2.11. The molecule has 1 amide bonds. The van der Waals surface area contributed by atoms with Crippen LogP contribution in [0.5, 0.6) is 0 Å². The minimum atomic E-state index is -0.0122. The second-order valence-electron chi connectivity index (χ2n) is 5.21. The number of halogens is 1. The highest BCUT2D eigenvalue weighted by Crippen LogP contribution is 2.23. The molecular weight excluding hydrogens is 298 g/mol. The van der Waals surface area contributed by atoms with Gasteiger partial charge in [-0.25, -0.2) is 5.01 Å². The van der Waals surface area contributed by atoms with Crippen molar-refractivity contribution in [2.75, 3.05) is 12.3 Å². The predicted octanol–water partition coefficient (Wildman–Crippen LogP) is 3.10. The third-order valence-electron chi connectivity index (χ3n) is 3.61. The number of hydrogen-bond donors (Lipinski definition) is 1. The van der Waals surface area contributed by atoms with Gasteiger partial charge >= 0.3 is 0 Å². The second-order valence-corrected chi connectivity index (χ2v) is 5.64. The first-order valence-corrected chi connectivity index (χ1v) is 7.48. The summed E-state index contributed by atoms with van der Waals surface area (Å²) in [5.74, 6) is -0.0122. The second kappa shape index (κ2) is 6.20. The number of benzene rings is 2. The van der Waals surface area contributed by atoms with Crippen LogP contribution in [0.3, 0.4) is 0 Å². The van der Waals surface area contributed by atoms with E-state index in [0.717, 1.165) is 16.8 Å². The van der Waals surface area contributed by atoms with E-state index in [1.807, 2.05) is 30.3 Å². The van der Waals surface area contributed by atoms with Crippen LogP contribution >= 0.6 is 11.6 Å². The highest BCUT2D eigenvalue weighted by Gasteiger charge is 2.22. The molecule has 22 heavy (non-hydrogen) atoms. The van der Waals surface area contributed by atoms with Crippen LogP contribution in [-0.4, -0.2) is 23.2 Å². The largest absolute Gasteiger partial charge is 0.398 e. The number of nitrogen functional groups attached to an aromatic ring is 1. The molecule has 5 heteroatoms. The van der Waals surface area contributed by atoms with Gasteiger partial charge in [0.1, 0.15) is 0 Å². The molecule has 0 saturated carbocycles. The number of hydrazone groups is 1. The summed E-state index contributed by atoms with van der Waals surface area (Å²) in [7, 11) is 0. The number of anilines is 1. The fourth-order valence-electron chi connectivity index (χ4n) is 2.47. The summed E-state index contributed by atoms with van der Waals surface area (Å²) >= 11 is 6.01. The highest BCUT2D eigenvalue weighted by atomic mass is 35.5. The Labute approximate surface area is 134 Å². The summed E-state index contributed by atoms with van der Waals surface area (Å²) < 4.78 is 0. The maximum atomic E-state index is 12.3. The first-order chi connectivity index (χ1) is 10.6. The number of carbonyl (C=O) groups is 1. The summed E-state index contributed by atoms with van der Waals surface area (Å²) in [6, 6.07) is 15.0. The van der Waals surface area contributed by atoms with Gasteiger partial charge < -0.3 is 5.73 Å². The molecule has 1 aliphatic heterocycles. The molecule has 3 rings (SSSR count). The maximum absolute atomic E-state index is 12.3. The monoisotopic (exact) mass is 313 g/mol. The summed E-state index contributed by atoms with van der Waals surface area (Å²) in [4.78, 5) is 12.3. The van der Waals surface area contributed by atoms with E-state index in [0.29, 0.717) is 30.1 Å². The molecule has 2 N–H and O–H groups in total. The Kier molecular flexibility index (Phi) is 4.11. The van der Waals surface area contributed by atoms with Crippen LogP contribution in [0.1, 0.15) is 17.5 Å². The molecule has 4 nitrogen and oxygen atoms in total. The smallest absolute Gasteiger partial charge is 0.247 e. The Hall–Kier alpha value is -2.33. The number of amides is 1. The molecule has 2 aromatic rings. The SMILES string of the molecule is Nc1ccc(Cl)cc1C1=NN(C(=O)Cc2ccccc2)CC1. The van der Waals surface area contributed by atoms with Crippen LogP contribution in [-0.2, 0) is 11.2 Å². The van der Waals surface area contributed by atoms with Crippen LogP contribution in [0.4, 0.5) is 5.69 Å². The Morgan fingerprint density at radius 1 is 1.23 bits per heavy atom. The van der Waals surface area contributed by atoms with Crippen molar-refractivity contribution in [2.45, 2.75) is 12.8 Å². The zero-order valence-electron chi connectivity index (χ0n) is 12.0. The van der Waals surface area contributed by atoms with E-state index < -0.39 is 0 Å². The topological polar surface area (TPSA) is 58.7 Å². The summed E-state index contributed by atoms with van der Waals surface area (Å²) in [5.41, 5.74) is 9.20. The number of hydrogen-bond acceptors (Lipinski definition) is 3. The molecule has 0 fully saturated rings. The molecule has 0 saturated heterocycles. The van der Waals surface area contributed by atoms with Crippen molar-refractivity contribution in [2.24, 2.45) is 5.10 Å². The van der Waals surface area contributed by atoms with E-state index in [1.54, 1.807) is 18.2 Å². The van der Waals surface area contributed by atoms with Crippen molar-refractivity contribution in [1.82, 2.24) is 5.01 Å². The zero-order valence-corrected chi connectivity index (χ0v) is 12.8. The fourth-order valence-corrected chi connectivity index (χ4v) is 2.64. The van der Waals surface area contributed by atoms with Crippen LogP contribution in [0, 0.1) is 0 Å². The molecule has 0 aliphatic carbocycles. The van der Waals surface area contributed by atoms with Gasteiger partial charge in [-0.15, -0.1) is 0 Å². The van der Waals surface area contributed by atoms with E-state index >= 15 is 0 Å². The Balaban J connectivity index is 1.76. The lowest BCUT2D eigenvalue weighted by atomic mass is 10.1. The molecule has 1 heterocycles. The highest BCUT2D eigenvalue weighted by molar-refractivity contribution is 6.31. The summed E-state index contributed by atoms with van der Waals surface area (Å²) in [5, 5.41) is 6.55. The quantitative estimate of drug-likeness (QED) is 0.885. The van der Waals surface area contributed by atoms with E-state index in [9.17, 15) is 4.79 Å². The first kappa shape index (κ1) is 14.6. The van der Waals surface area contributed by atoms with Gasteiger partial charge in [0.05, 0.1) is 18.7 Å². The van der Waals surface area contributed by atoms with Gasteiger partial charge in [-0.05, 0) is 23.8 Å². The van der Waals surface area contributed by atoms with Crippen LogP contribution < -0.4 is 5.73 Å². The lowest BCUT2D eigenvalue weighted by molar-refractivity contribution is -0.130. The van der Waals surface area contributed by atoms with E-state index in [1.165, 1.54) is 5.01 Å². The Morgan fingerprint density at radius 3 is 2.77 bits per heavy atom. The maximum Gasteiger partial charge on any atom is 0.247 e. The van der Waals surface area contributed by atoms with E-state index in [4.69, 9.17) is 17.3 Å². The molecular formula is C17H16ClN3O. The van der Waals surface area contributed by atoms with Gasteiger partial charge in [-0.2, -0.15) is 5.10 Å². The number of rotatable bonds is 3. The third kappa shape index (κ3) is 3.12. The van der Waals surface area contributed by atoms with Crippen LogP contribution in [0.25, 0.3) is 0 Å². The Bertz CT molecular complexity index is 728. The number of carbonyl (C=O) groups excluding carboxylic acids is 1. The fraction of sp³-hybridized carbons (Fsp3) is 0.176. The van der Waals surface area contributed by atoms with Gasteiger partial charge in [-0.1, -0.05) is 41.9 Å². The molecule has 2 aromatic carbocycles. The van der Waals surface area contributed by atoms with Crippen molar-refractivity contribution >= 4 is 28.9 Å². The molecule has 0 bridgehead atoms. The number of nitrogens with two attached hydrogens (primary N) is 1. The standard InChI is InChI=1S/C17H16ClN3O/c18-13-6-7-15(19)14(11-13)16-8-9-21(20-16)17(22)10-12-4-2-1-3-5-12/h1-7,11H,8-10,19H2. The number of nitrogens with zero attached hydrogens (tertiary/aromatic N) is 2. The average molecular weight is 314 g/mol. The lowest BCUT2D eigenvalue weighted by Crippen LogP contribution is -2.25. The zero-order chi connectivity index (χ0) is 15.5. The molecule has 1 aliphatic rings. The summed E-state index contributed by atoms with van der Waals surface area (Å²) in [6.07, 6.45) is 1.04. The third-order valence-corrected chi connectivity index (χ3v) is 3.85. The normalized spacial score (nSPS) is 14.0. The van der Waals surface area contributed by atoms with Crippen molar-refractivity contribution in [3.63, 3.8) is 0 Å². The van der Waals surface area contributed by atoms with Gasteiger partial charge in [0, 0.05) is 22.7 Å². The van der Waals surface area contributed by atoms with Gasteiger partial charge in [0.2, 0.25) is 5.91 Å². The summed E-state index contributed by atoms with van der Waals surface area (Å²) in [6.45, 7) is 0.576.